The van der Waals surface area contributed by atoms with Crippen LogP contribution >= 0.6 is 11.6 Å². The Hall–Kier alpha value is -1.85. The van der Waals surface area contributed by atoms with Crippen LogP contribution in [0.3, 0.4) is 0 Å². The fourth-order valence-electron chi connectivity index (χ4n) is 1.82. The van der Waals surface area contributed by atoms with Crippen molar-refractivity contribution < 1.29 is 14.1 Å². The molecule has 1 unspecified atom stereocenters. The van der Waals surface area contributed by atoms with E-state index < -0.39 is 10.8 Å². The van der Waals surface area contributed by atoms with E-state index in [0.717, 1.165) is 0 Å². The molecule has 21 heavy (non-hydrogen) atoms. The molecule has 0 radical (unpaired) electrons. The highest BCUT2D eigenvalue weighted by molar-refractivity contribution is 7.84. The van der Waals surface area contributed by atoms with Gasteiger partial charge in [0.15, 0.2) is 0 Å². The van der Waals surface area contributed by atoms with E-state index in [2.05, 4.69) is 5.32 Å². The molecule has 0 heterocycles. The predicted molar refractivity (Wildman–Crippen MR) is 84.6 cm³/mol. The van der Waals surface area contributed by atoms with Gasteiger partial charge in [0.05, 0.1) is 5.69 Å². The van der Waals surface area contributed by atoms with Gasteiger partial charge in [0.1, 0.15) is 5.75 Å². The molecule has 0 saturated heterocycles. The summed E-state index contributed by atoms with van der Waals surface area (Å²) in [7, 11) is -1.09. The van der Waals surface area contributed by atoms with Crippen molar-refractivity contribution in [1.29, 1.82) is 0 Å². The number of phenolic OH excluding ortho intramolecular Hbond substituents is 1. The molecule has 2 aromatic carbocycles. The molecule has 0 aliphatic heterocycles. The molecule has 0 spiro atoms. The lowest BCUT2D eigenvalue weighted by molar-refractivity contribution is 0.102. The van der Waals surface area contributed by atoms with Crippen molar-refractivity contribution in [2.75, 3.05) is 11.6 Å². The van der Waals surface area contributed by atoms with Crippen molar-refractivity contribution in [3.8, 4) is 5.75 Å². The Bertz CT molecular complexity index is 714. The van der Waals surface area contributed by atoms with Gasteiger partial charge in [0.2, 0.25) is 0 Å². The Balaban J connectivity index is 2.24. The van der Waals surface area contributed by atoms with Crippen LogP contribution < -0.4 is 5.32 Å². The molecule has 0 aromatic heterocycles. The second kappa shape index (κ2) is 6.28. The second-order valence-corrected chi connectivity index (χ2v) is 6.37. The van der Waals surface area contributed by atoms with Crippen LogP contribution in [-0.2, 0) is 10.8 Å². The molecule has 1 amide bonds. The van der Waals surface area contributed by atoms with Crippen LogP contribution in [0.1, 0.15) is 15.9 Å². The number of anilines is 1. The Morgan fingerprint density at radius 3 is 2.43 bits per heavy atom. The van der Waals surface area contributed by atoms with Gasteiger partial charge in [-0.2, -0.15) is 0 Å². The molecule has 0 saturated carbocycles. The van der Waals surface area contributed by atoms with Crippen LogP contribution in [-0.4, -0.2) is 21.5 Å². The summed E-state index contributed by atoms with van der Waals surface area (Å²) in [6.45, 7) is 1.70. The zero-order valence-electron chi connectivity index (χ0n) is 11.5. The topological polar surface area (TPSA) is 66.4 Å². The number of amides is 1. The second-order valence-electron chi connectivity index (χ2n) is 4.55. The van der Waals surface area contributed by atoms with Crippen LogP contribution in [0.5, 0.6) is 5.75 Å². The highest BCUT2D eigenvalue weighted by Crippen LogP contribution is 2.31. The van der Waals surface area contributed by atoms with E-state index >= 15 is 0 Å². The number of hydrogen-bond acceptors (Lipinski definition) is 3. The Morgan fingerprint density at radius 2 is 1.86 bits per heavy atom. The SMILES string of the molecule is Cc1cc(Cl)cc(NC(=O)c2ccc(S(C)=O)cc2)c1O. The van der Waals surface area contributed by atoms with E-state index in [1.165, 1.54) is 6.07 Å². The molecule has 2 aromatic rings. The van der Waals surface area contributed by atoms with Gasteiger partial charge in [-0.05, 0) is 48.9 Å². The van der Waals surface area contributed by atoms with Crippen LogP contribution in [0.25, 0.3) is 0 Å². The summed E-state index contributed by atoms with van der Waals surface area (Å²) in [5.74, 6) is -0.389. The van der Waals surface area contributed by atoms with Crippen molar-refractivity contribution >= 4 is 34.0 Å². The molecule has 2 N–H and O–H groups in total. The van der Waals surface area contributed by atoms with Crippen molar-refractivity contribution in [2.24, 2.45) is 0 Å². The molecular formula is C15H14ClNO3S. The molecule has 0 fully saturated rings. The summed E-state index contributed by atoms with van der Waals surface area (Å²) in [6.07, 6.45) is 1.57. The molecule has 0 aliphatic carbocycles. The van der Waals surface area contributed by atoms with Gasteiger partial charge in [-0.1, -0.05) is 11.6 Å². The van der Waals surface area contributed by atoms with E-state index in [1.54, 1.807) is 43.5 Å². The lowest BCUT2D eigenvalue weighted by atomic mass is 10.1. The quantitative estimate of drug-likeness (QED) is 0.851. The molecule has 0 aliphatic rings. The van der Waals surface area contributed by atoms with Crippen molar-refractivity contribution in [1.82, 2.24) is 0 Å². The lowest BCUT2D eigenvalue weighted by Crippen LogP contribution is -2.12. The van der Waals surface area contributed by atoms with Gasteiger partial charge >= 0.3 is 0 Å². The molecule has 2 rings (SSSR count). The largest absolute Gasteiger partial charge is 0.505 e. The molecule has 1 atom stereocenters. The number of benzene rings is 2. The number of aromatic hydroxyl groups is 1. The third kappa shape index (κ3) is 3.62. The first-order chi connectivity index (χ1) is 9.88. The van der Waals surface area contributed by atoms with Gasteiger partial charge in [0.25, 0.3) is 5.91 Å². The average molecular weight is 324 g/mol. The number of rotatable bonds is 3. The minimum atomic E-state index is -1.09. The van der Waals surface area contributed by atoms with Gasteiger partial charge in [0, 0.05) is 32.5 Å². The summed E-state index contributed by atoms with van der Waals surface area (Å²) >= 11 is 5.91. The predicted octanol–water partition coefficient (Wildman–Crippen LogP) is 3.34. The van der Waals surface area contributed by atoms with Crippen LogP contribution in [0.15, 0.2) is 41.3 Å². The van der Waals surface area contributed by atoms with E-state index in [0.29, 0.717) is 21.0 Å². The minimum absolute atomic E-state index is 0.0148. The average Bonchev–Trinajstić information content (AvgIpc) is 2.44. The zero-order valence-corrected chi connectivity index (χ0v) is 13.1. The van der Waals surface area contributed by atoms with Crippen LogP contribution in [0.2, 0.25) is 5.02 Å². The highest BCUT2D eigenvalue weighted by Gasteiger charge is 2.12. The van der Waals surface area contributed by atoms with Crippen molar-refractivity contribution in [2.45, 2.75) is 11.8 Å². The summed E-state index contributed by atoms with van der Waals surface area (Å²) in [5, 5.41) is 13.0. The Kier molecular flexibility index (Phi) is 4.65. The fourth-order valence-corrected chi connectivity index (χ4v) is 2.62. The first-order valence-corrected chi connectivity index (χ1v) is 8.06. The Morgan fingerprint density at radius 1 is 1.24 bits per heavy atom. The maximum absolute atomic E-state index is 12.1. The first kappa shape index (κ1) is 15.5. The number of carbonyl (C=O) groups is 1. The summed E-state index contributed by atoms with van der Waals surface area (Å²) in [5.41, 5.74) is 1.24. The number of hydrogen-bond donors (Lipinski definition) is 2. The lowest BCUT2D eigenvalue weighted by Gasteiger charge is -2.10. The van der Waals surface area contributed by atoms with E-state index in [4.69, 9.17) is 11.6 Å². The molecular weight excluding hydrogens is 310 g/mol. The van der Waals surface area contributed by atoms with Gasteiger partial charge in [-0.25, -0.2) is 0 Å². The number of phenols is 1. The monoisotopic (exact) mass is 323 g/mol. The molecule has 110 valence electrons. The molecule has 0 bridgehead atoms. The smallest absolute Gasteiger partial charge is 0.255 e. The fraction of sp³-hybridized carbons (Fsp3) is 0.133. The minimum Gasteiger partial charge on any atom is -0.505 e. The first-order valence-electron chi connectivity index (χ1n) is 6.12. The van der Waals surface area contributed by atoms with Crippen molar-refractivity contribution in [3.63, 3.8) is 0 Å². The number of carbonyl (C=O) groups excluding carboxylic acids is 1. The highest BCUT2D eigenvalue weighted by atomic mass is 35.5. The van der Waals surface area contributed by atoms with E-state index in [1.807, 2.05) is 0 Å². The van der Waals surface area contributed by atoms with Crippen LogP contribution in [0, 0.1) is 6.92 Å². The summed E-state index contributed by atoms with van der Waals surface area (Å²) < 4.78 is 11.3. The van der Waals surface area contributed by atoms with Crippen LogP contribution in [0.4, 0.5) is 5.69 Å². The summed E-state index contributed by atoms with van der Waals surface area (Å²) in [4.78, 5) is 12.8. The van der Waals surface area contributed by atoms with E-state index in [9.17, 15) is 14.1 Å². The number of nitrogens with one attached hydrogen (secondary N) is 1. The van der Waals surface area contributed by atoms with Gasteiger partial charge in [-0.15, -0.1) is 0 Å². The normalized spacial score (nSPS) is 12.0. The van der Waals surface area contributed by atoms with Gasteiger partial charge < -0.3 is 10.4 Å². The van der Waals surface area contributed by atoms with Crippen molar-refractivity contribution in [3.05, 3.63) is 52.5 Å². The maximum atomic E-state index is 12.1. The molecule has 6 heteroatoms. The van der Waals surface area contributed by atoms with Gasteiger partial charge in [-0.3, -0.25) is 9.00 Å². The number of aryl methyl sites for hydroxylation is 1. The third-order valence-electron chi connectivity index (χ3n) is 2.96. The standard InChI is InChI=1S/C15H14ClNO3S/c1-9-7-11(16)8-13(14(9)18)17-15(19)10-3-5-12(6-4-10)21(2)20/h3-8,18H,1-2H3,(H,17,19). The van der Waals surface area contributed by atoms with E-state index in [-0.39, 0.29) is 17.3 Å². The zero-order chi connectivity index (χ0) is 15.6. The molecule has 4 nitrogen and oxygen atoms in total. The summed E-state index contributed by atoms with van der Waals surface area (Å²) in [6, 6.07) is 9.53. The third-order valence-corrected chi connectivity index (χ3v) is 4.12. The number of halogens is 1. The Labute approximate surface area is 130 Å². The maximum Gasteiger partial charge on any atom is 0.255 e.